The van der Waals surface area contributed by atoms with Gasteiger partial charge in [-0.25, -0.2) is 13.8 Å². The molecule has 174 valence electrons. The second-order valence-electron chi connectivity index (χ2n) is 9.35. The number of pyridine rings is 1. The third-order valence-electron chi connectivity index (χ3n) is 6.13. The monoisotopic (exact) mass is 474 g/mol. The van der Waals surface area contributed by atoms with E-state index in [9.17, 15) is 26.7 Å². The van der Waals surface area contributed by atoms with Crippen molar-refractivity contribution in [3.63, 3.8) is 0 Å². The molecular formula is C21H23F5N4OS. The summed E-state index contributed by atoms with van der Waals surface area (Å²) in [5, 5.41) is 7.29. The van der Waals surface area contributed by atoms with Crippen molar-refractivity contribution in [1.82, 2.24) is 14.8 Å². The lowest BCUT2D eigenvalue weighted by Gasteiger charge is -2.44. The third kappa shape index (κ3) is 4.35. The quantitative estimate of drug-likeness (QED) is 0.427. The number of nitrogens with one attached hydrogen (secondary N) is 1. The molecule has 0 spiro atoms. The number of thioether (sulfide) groups is 1. The smallest absolute Gasteiger partial charge is 0.321 e. The van der Waals surface area contributed by atoms with Crippen LogP contribution >= 0.6 is 11.8 Å². The standard InChI is InChI=1S/C21H23F5N4OS/c1-18(9-20(22,23)10-18)11-30-15(17(31)28-12-4-7-27-13(8-12)32-3)14(21(24,25)26)16(29-30)19(2)5-6-19/h4,7-8H,5-6,9-11H2,1-3H3,(H,27,28,31). The summed E-state index contributed by atoms with van der Waals surface area (Å²) in [6.07, 6.45) is -1.48. The molecule has 2 heterocycles. The number of anilines is 1. The van der Waals surface area contributed by atoms with Gasteiger partial charge in [-0.3, -0.25) is 9.48 Å². The van der Waals surface area contributed by atoms with Gasteiger partial charge in [0, 0.05) is 36.7 Å². The zero-order valence-electron chi connectivity index (χ0n) is 17.8. The molecule has 1 amide bonds. The molecule has 0 aromatic carbocycles. The van der Waals surface area contributed by atoms with E-state index >= 15 is 0 Å². The summed E-state index contributed by atoms with van der Waals surface area (Å²) in [6.45, 7) is 3.05. The van der Waals surface area contributed by atoms with E-state index in [-0.39, 0.29) is 17.9 Å². The molecule has 4 rings (SSSR count). The van der Waals surface area contributed by atoms with Crippen molar-refractivity contribution in [1.29, 1.82) is 0 Å². The summed E-state index contributed by atoms with van der Waals surface area (Å²) < 4.78 is 70.6. The van der Waals surface area contributed by atoms with Gasteiger partial charge in [-0.1, -0.05) is 13.8 Å². The first kappa shape index (κ1) is 23.0. The highest BCUT2D eigenvalue weighted by atomic mass is 32.2. The van der Waals surface area contributed by atoms with Crippen LogP contribution in [0.25, 0.3) is 0 Å². The zero-order chi connectivity index (χ0) is 23.5. The first-order valence-electron chi connectivity index (χ1n) is 10.1. The van der Waals surface area contributed by atoms with Gasteiger partial charge in [0.1, 0.15) is 11.3 Å². The molecule has 2 aliphatic carbocycles. The topological polar surface area (TPSA) is 59.8 Å². The molecule has 0 saturated heterocycles. The zero-order valence-corrected chi connectivity index (χ0v) is 18.6. The molecule has 0 radical (unpaired) electrons. The van der Waals surface area contributed by atoms with Gasteiger partial charge in [-0.05, 0) is 36.6 Å². The largest absolute Gasteiger partial charge is 0.420 e. The Morgan fingerprint density at radius 2 is 1.91 bits per heavy atom. The summed E-state index contributed by atoms with van der Waals surface area (Å²) >= 11 is 1.32. The molecule has 2 aromatic rings. The predicted octanol–water partition coefficient (Wildman–Crippen LogP) is 5.76. The SMILES string of the molecule is CSc1cc(NC(=O)c2c(C(F)(F)F)c(C3(C)CC3)nn2CC2(C)CC(F)(F)C2)ccn1. The maximum atomic E-state index is 14.2. The van der Waals surface area contributed by atoms with E-state index < -0.39 is 52.9 Å². The Bertz CT molecular complexity index is 1050. The van der Waals surface area contributed by atoms with Crippen LogP contribution < -0.4 is 5.32 Å². The minimum absolute atomic E-state index is 0.190. The van der Waals surface area contributed by atoms with Gasteiger partial charge >= 0.3 is 6.18 Å². The fourth-order valence-electron chi connectivity index (χ4n) is 4.38. The van der Waals surface area contributed by atoms with E-state index in [0.29, 0.717) is 17.9 Å². The number of halogens is 5. The molecule has 2 fully saturated rings. The number of hydrogen-bond acceptors (Lipinski definition) is 4. The van der Waals surface area contributed by atoms with Gasteiger partial charge in [-0.15, -0.1) is 11.8 Å². The Morgan fingerprint density at radius 3 is 2.44 bits per heavy atom. The average Bonchev–Trinajstić information content (AvgIpc) is 3.27. The van der Waals surface area contributed by atoms with Crippen LogP contribution in [0.2, 0.25) is 0 Å². The highest BCUT2D eigenvalue weighted by molar-refractivity contribution is 7.98. The van der Waals surface area contributed by atoms with Crippen molar-refractivity contribution in [3.8, 4) is 0 Å². The lowest BCUT2D eigenvalue weighted by atomic mass is 9.67. The van der Waals surface area contributed by atoms with E-state index in [0.717, 1.165) is 4.68 Å². The summed E-state index contributed by atoms with van der Waals surface area (Å²) in [6, 6.07) is 3.02. The molecule has 2 saturated carbocycles. The van der Waals surface area contributed by atoms with Crippen LogP contribution in [-0.4, -0.2) is 32.8 Å². The maximum Gasteiger partial charge on any atom is 0.420 e. The van der Waals surface area contributed by atoms with Gasteiger partial charge in [0.05, 0.1) is 10.7 Å². The molecule has 2 aromatic heterocycles. The second kappa shape index (κ2) is 7.43. The number of amides is 1. The Balaban J connectivity index is 1.77. The number of alkyl halides is 5. The minimum atomic E-state index is -4.82. The van der Waals surface area contributed by atoms with Crippen molar-refractivity contribution < 1.29 is 26.7 Å². The molecule has 0 aliphatic heterocycles. The number of rotatable bonds is 6. The van der Waals surface area contributed by atoms with Gasteiger partial charge < -0.3 is 5.32 Å². The van der Waals surface area contributed by atoms with Crippen LogP contribution in [0.15, 0.2) is 23.4 Å². The molecule has 2 aliphatic rings. The fourth-order valence-corrected chi connectivity index (χ4v) is 4.79. The molecule has 0 bridgehead atoms. The third-order valence-corrected chi connectivity index (χ3v) is 6.77. The van der Waals surface area contributed by atoms with Gasteiger partial charge in [0.15, 0.2) is 0 Å². The molecule has 0 atom stereocenters. The van der Waals surface area contributed by atoms with Crippen LogP contribution in [-0.2, 0) is 18.1 Å². The van der Waals surface area contributed by atoms with Crippen LogP contribution in [0.1, 0.15) is 61.3 Å². The number of carbonyl (C=O) groups is 1. The molecule has 1 N–H and O–H groups in total. The summed E-state index contributed by atoms with van der Waals surface area (Å²) in [5.41, 5.74) is -3.35. The van der Waals surface area contributed by atoms with Gasteiger partial charge in [-0.2, -0.15) is 18.3 Å². The summed E-state index contributed by atoms with van der Waals surface area (Å²) in [4.78, 5) is 17.2. The highest BCUT2D eigenvalue weighted by Gasteiger charge is 2.56. The lowest BCUT2D eigenvalue weighted by Crippen LogP contribution is -2.47. The Kier molecular flexibility index (Phi) is 5.34. The van der Waals surface area contributed by atoms with E-state index in [2.05, 4.69) is 15.4 Å². The van der Waals surface area contributed by atoms with Crippen molar-refractivity contribution in [2.24, 2.45) is 5.41 Å². The van der Waals surface area contributed by atoms with E-state index in [4.69, 9.17) is 0 Å². The van der Waals surface area contributed by atoms with Crippen molar-refractivity contribution in [3.05, 3.63) is 35.3 Å². The first-order valence-corrected chi connectivity index (χ1v) is 11.4. The van der Waals surface area contributed by atoms with Crippen molar-refractivity contribution in [2.45, 2.75) is 68.6 Å². The average molecular weight is 474 g/mol. The van der Waals surface area contributed by atoms with Crippen LogP contribution in [0, 0.1) is 5.41 Å². The van der Waals surface area contributed by atoms with E-state index in [1.165, 1.54) is 24.0 Å². The number of carbonyl (C=O) groups excluding carboxylic acids is 1. The van der Waals surface area contributed by atoms with Gasteiger partial charge in [0.25, 0.3) is 5.91 Å². The second-order valence-corrected chi connectivity index (χ2v) is 10.2. The lowest BCUT2D eigenvalue weighted by molar-refractivity contribution is -0.160. The maximum absolute atomic E-state index is 14.2. The van der Waals surface area contributed by atoms with Crippen molar-refractivity contribution >= 4 is 23.4 Å². The fraction of sp³-hybridized carbons (Fsp3) is 0.571. The highest BCUT2D eigenvalue weighted by Crippen LogP contribution is 2.54. The van der Waals surface area contributed by atoms with Crippen LogP contribution in [0.5, 0.6) is 0 Å². The molecule has 0 unspecified atom stereocenters. The number of hydrogen-bond donors (Lipinski definition) is 1. The summed E-state index contributed by atoms with van der Waals surface area (Å²) in [7, 11) is 0. The van der Waals surface area contributed by atoms with E-state index in [1.54, 1.807) is 26.2 Å². The summed E-state index contributed by atoms with van der Waals surface area (Å²) in [5.74, 6) is -3.83. The minimum Gasteiger partial charge on any atom is -0.321 e. The van der Waals surface area contributed by atoms with Crippen LogP contribution in [0.3, 0.4) is 0 Å². The molecule has 32 heavy (non-hydrogen) atoms. The Labute approximate surface area is 186 Å². The molecular weight excluding hydrogens is 451 g/mol. The van der Waals surface area contributed by atoms with Gasteiger partial charge in [0.2, 0.25) is 5.92 Å². The Hall–Kier alpha value is -2.17. The molecule has 11 heteroatoms. The number of aromatic nitrogens is 3. The first-order chi connectivity index (χ1) is 14.8. The Morgan fingerprint density at radius 1 is 1.25 bits per heavy atom. The van der Waals surface area contributed by atoms with Crippen LogP contribution in [0.4, 0.5) is 27.6 Å². The number of nitrogens with zero attached hydrogens (tertiary/aromatic N) is 3. The predicted molar refractivity (Wildman–Crippen MR) is 110 cm³/mol. The normalized spacial score (nSPS) is 20.5. The molecule has 5 nitrogen and oxygen atoms in total. The van der Waals surface area contributed by atoms with Crippen molar-refractivity contribution in [2.75, 3.05) is 11.6 Å². The van der Waals surface area contributed by atoms with E-state index in [1.807, 2.05) is 0 Å².